The highest BCUT2D eigenvalue weighted by Gasteiger charge is 2.20. The molecule has 0 saturated heterocycles. The molecule has 2 unspecified atom stereocenters. The van der Waals surface area contributed by atoms with E-state index in [-0.39, 0.29) is 0 Å². The summed E-state index contributed by atoms with van der Waals surface area (Å²) in [6, 6.07) is 0. The molecule has 0 heterocycles. The van der Waals surface area contributed by atoms with Gasteiger partial charge in [0.25, 0.3) is 0 Å². The van der Waals surface area contributed by atoms with Crippen molar-refractivity contribution < 1.29 is 0 Å². The maximum Gasteiger partial charge on any atom is -0.0202 e. The first-order chi connectivity index (χ1) is 6.15. The van der Waals surface area contributed by atoms with E-state index in [1.165, 1.54) is 36.8 Å². The number of allylic oxidation sites excluding steroid dienone is 3. The third kappa shape index (κ3) is 2.72. The molecule has 0 radical (unpaired) electrons. The number of hydrogen-bond acceptors (Lipinski definition) is 0. The number of rotatable bonds is 3. The van der Waals surface area contributed by atoms with E-state index in [0.717, 1.165) is 11.8 Å². The molecule has 1 aliphatic rings. The van der Waals surface area contributed by atoms with Gasteiger partial charge in [0.05, 0.1) is 0 Å². The van der Waals surface area contributed by atoms with Crippen LogP contribution in [-0.4, -0.2) is 0 Å². The summed E-state index contributed by atoms with van der Waals surface area (Å²) in [5.74, 6) is 1.69. The van der Waals surface area contributed by atoms with Gasteiger partial charge in [-0.2, -0.15) is 0 Å². The molecule has 1 aliphatic carbocycles. The second-order valence-corrected chi connectivity index (χ2v) is 4.44. The molecular formula is C13H22. The monoisotopic (exact) mass is 178 g/mol. The SMILES string of the molecule is C=C(C)C1=CC(CCC)C(C)CC1. The topological polar surface area (TPSA) is 0 Å². The average molecular weight is 178 g/mol. The van der Waals surface area contributed by atoms with Gasteiger partial charge < -0.3 is 0 Å². The molecule has 0 aromatic heterocycles. The van der Waals surface area contributed by atoms with Crippen LogP contribution in [0, 0.1) is 11.8 Å². The molecule has 0 nitrogen and oxygen atoms in total. The van der Waals surface area contributed by atoms with Crippen molar-refractivity contribution in [2.75, 3.05) is 0 Å². The van der Waals surface area contributed by atoms with Crippen LogP contribution in [-0.2, 0) is 0 Å². The minimum Gasteiger partial charge on any atom is -0.0958 e. The Morgan fingerprint density at radius 2 is 2.31 bits per heavy atom. The summed E-state index contributed by atoms with van der Waals surface area (Å²) in [4.78, 5) is 0. The van der Waals surface area contributed by atoms with Crippen molar-refractivity contribution >= 4 is 0 Å². The van der Waals surface area contributed by atoms with E-state index in [2.05, 4.69) is 33.4 Å². The lowest BCUT2D eigenvalue weighted by Gasteiger charge is -2.27. The lowest BCUT2D eigenvalue weighted by molar-refractivity contribution is 0.358. The van der Waals surface area contributed by atoms with Gasteiger partial charge in [-0.1, -0.05) is 38.5 Å². The Bertz CT molecular complexity index is 210. The van der Waals surface area contributed by atoms with Crippen molar-refractivity contribution in [3.8, 4) is 0 Å². The molecule has 74 valence electrons. The molecule has 0 aromatic carbocycles. The molecule has 0 heteroatoms. The number of hydrogen-bond donors (Lipinski definition) is 0. The van der Waals surface area contributed by atoms with Crippen molar-refractivity contribution in [1.82, 2.24) is 0 Å². The summed E-state index contributed by atoms with van der Waals surface area (Å²) < 4.78 is 0. The fourth-order valence-electron chi connectivity index (χ4n) is 2.16. The summed E-state index contributed by atoms with van der Waals surface area (Å²) in [5.41, 5.74) is 2.78. The molecular weight excluding hydrogens is 156 g/mol. The molecule has 0 spiro atoms. The van der Waals surface area contributed by atoms with Gasteiger partial charge in [0.1, 0.15) is 0 Å². The zero-order valence-electron chi connectivity index (χ0n) is 9.27. The molecule has 2 atom stereocenters. The molecule has 1 rings (SSSR count). The predicted octanol–water partition coefficient (Wildman–Crippen LogP) is 4.34. The molecule has 0 fully saturated rings. The van der Waals surface area contributed by atoms with Gasteiger partial charge in [-0.3, -0.25) is 0 Å². The quantitative estimate of drug-likeness (QED) is 0.603. The van der Waals surface area contributed by atoms with Crippen LogP contribution in [0.4, 0.5) is 0 Å². The average Bonchev–Trinajstić information content (AvgIpc) is 2.08. The van der Waals surface area contributed by atoms with E-state index < -0.39 is 0 Å². The van der Waals surface area contributed by atoms with Crippen LogP contribution < -0.4 is 0 Å². The van der Waals surface area contributed by atoms with Crippen molar-refractivity contribution in [3.63, 3.8) is 0 Å². The van der Waals surface area contributed by atoms with Crippen molar-refractivity contribution in [1.29, 1.82) is 0 Å². The Balaban J connectivity index is 2.68. The summed E-state index contributed by atoms with van der Waals surface area (Å²) in [7, 11) is 0. The molecule has 0 N–H and O–H groups in total. The van der Waals surface area contributed by atoms with Crippen LogP contribution >= 0.6 is 0 Å². The summed E-state index contributed by atoms with van der Waals surface area (Å²) >= 11 is 0. The van der Waals surface area contributed by atoms with Gasteiger partial charge in [-0.25, -0.2) is 0 Å². The first-order valence-electron chi connectivity index (χ1n) is 5.51. The fourth-order valence-corrected chi connectivity index (χ4v) is 2.16. The van der Waals surface area contributed by atoms with Gasteiger partial charge in [0, 0.05) is 0 Å². The highest BCUT2D eigenvalue weighted by atomic mass is 14.2. The molecule has 0 saturated carbocycles. The van der Waals surface area contributed by atoms with Crippen LogP contribution in [0.3, 0.4) is 0 Å². The third-order valence-electron chi connectivity index (χ3n) is 3.19. The zero-order valence-corrected chi connectivity index (χ0v) is 9.27. The van der Waals surface area contributed by atoms with E-state index in [4.69, 9.17) is 0 Å². The molecule has 0 aromatic rings. The fraction of sp³-hybridized carbons (Fsp3) is 0.692. The molecule has 0 aliphatic heterocycles. The van der Waals surface area contributed by atoms with E-state index in [9.17, 15) is 0 Å². The summed E-state index contributed by atoms with van der Waals surface area (Å²) in [6.45, 7) is 10.8. The Labute approximate surface area is 82.7 Å². The predicted molar refractivity (Wildman–Crippen MR) is 59.7 cm³/mol. The molecule has 13 heavy (non-hydrogen) atoms. The van der Waals surface area contributed by atoms with Crippen molar-refractivity contribution in [2.45, 2.75) is 46.5 Å². The first kappa shape index (κ1) is 10.6. The summed E-state index contributed by atoms with van der Waals surface area (Å²) in [6.07, 6.45) is 7.72. The molecule has 0 amide bonds. The van der Waals surface area contributed by atoms with Gasteiger partial charge >= 0.3 is 0 Å². The van der Waals surface area contributed by atoms with E-state index in [1.807, 2.05) is 0 Å². The lowest BCUT2D eigenvalue weighted by atomic mass is 9.78. The van der Waals surface area contributed by atoms with Crippen LogP contribution in [0.25, 0.3) is 0 Å². The summed E-state index contributed by atoms with van der Waals surface area (Å²) in [5, 5.41) is 0. The second kappa shape index (κ2) is 4.64. The van der Waals surface area contributed by atoms with Crippen LogP contribution in [0.15, 0.2) is 23.8 Å². The van der Waals surface area contributed by atoms with Crippen molar-refractivity contribution in [3.05, 3.63) is 23.8 Å². The smallest absolute Gasteiger partial charge is 0.0202 e. The Hall–Kier alpha value is -0.520. The van der Waals surface area contributed by atoms with E-state index in [0.29, 0.717) is 0 Å². The van der Waals surface area contributed by atoms with Gasteiger partial charge in [-0.15, -0.1) is 0 Å². The maximum absolute atomic E-state index is 4.03. The van der Waals surface area contributed by atoms with Crippen LogP contribution in [0.2, 0.25) is 0 Å². The minimum atomic E-state index is 0.811. The van der Waals surface area contributed by atoms with Crippen LogP contribution in [0.1, 0.15) is 46.5 Å². The van der Waals surface area contributed by atoms with Crippen molar-refractivity contribution in [2.24, 2.45) is 11.8 Å². The second-order valence-electron chi connectivity index (χ2n) is 4.44. The zero-order chi connectivity index (χ0) is 9.84. The highest BCUT2D eigenvalue weighted by molar-refractivity contribution is 5.28. The third-order valence-corrected chi connectivity index (χ3v) is 3.19. The van der Waals surface area contributed by atoms with E-state index >= 15 is 0 Å². The Morgan fingerprint density at radius 3 is 2.85 bits per heavy atom. The van der Waals surface area contributed by atoms with Gasteiger partial charge in [0.15, 0.2) is 0 Å². The Morgan fingerprint density at radius 1 is 1.62 bits per heavy atom. The highest BCUT2D eigenvalue weighted by Crippen LogP contribution is 2.33. The Kier molecular flexibility index (Phi) is 3.77. The van der Waals surface area contributed by atoms with Gasteiger partial charge in [0.2, 0.25) is 0 Å². The van der Waals surface area contributed by atoms with Crippen LogP contribution in [0.5, 0.6) is 0 Å². The lowest BCUT2D eigenvalue weighted by Crippen LogP contribution is -2.15. The molecule has 0 bridgehead atoms. The van der Waals surface area contributed by atoms with Gasteiger partial charge in [-0.05, 0) is 43.6 Å². The first-order valence-corrected chi connectivity index (χ1v) is 5.51. The largest absolute Gasteiger partial charge is 0.0958 e. The standard InChI is InChI=1S/C13H22/c1-5-6-13-9-12(10(2)3)8-7-11(13)4/h9,11,13H,2,5-8H2,1,3-4H3. The van der Waals surface area contributed by atoms with E-state index in [1.54, 1.807) is 0 Å². The maximum atomic E-state index is 4.03. The normalized spacial score (nSPS) is 28.4. The minimum absolute atomic E-state index is 0.811.